The van der Waals surface area contributed by atoms with Crippen LogP contribution in [0.25, 0.3) is 0 Å². The van der Waals surface area contributed by atoms with E-state index < -0.39 is 0 Å². The van der Waals surface area contributed by atoms with Gasteiger partial charge in [0.2, 0.25) is 0 Å². The Labute approximate surface area is 75.3 Å². The molecule has 0 aromatic heterocycles. The van der Waals surface area contributed by atoms with Gasteiger partial charge in [-0.25, -0.2) is 0 Å². The van der Waals surface area contributed by atoms with Crippen molar-refractivity contribution >= 4 is 11.6 Å². The van der Waals surface area contributed by atoms with E-state index in [-0.39, 0.29) is 0 Å². The second kappa shape index (κ2) is 4.35. The maximum Gasteiger partial charge on any atom is 0.0251 e. The molecule has 0 nitrogen and oxygen atoms in total. The van der Waals surface area contributed by atoms with E-state index in [1.165, 1.54) is 25.7 Å². The molecule has 1 unspecified atom stereocenters. The lowest BCUT2D eigenvalue weighted by Gasteiger charge is -2.29. The highest BCUT2D eigenvalue weighted by molar-refractivity contribution is 6.18. The summed E-state index contributed by atoms with van der Waals surface area (Å²) < 4.78 is 0. The third kappa shape index (κ3) is 2.66. The van der Waals surface area contributed by atoms with Gasteiger partial charge in [0.05, 0.1) is 0 Å². The van der Waals surface area contributed by atoms with Crippen LogP contribution in [-0.4, -0.2) is 5.88 Å². The van der Waals surface area contributed by atoms with Crippen LogP contribution in [0.3, 0.4) is 0 Å². The molecular formula is C10H19Cl. The van der Waals surface area contributed by atoms with Gasteiger partial charge in [0.25, 0.3) is 0 Å². The molecule has 0 amide bonds. The summed E-state index contributed by atoms with van der Waals surface area (Å²) in [5.74, 6) is 3.47. The molecule has 1 rings (SSSR count). The maximum absolute atomic E-state index is 5.82. The summed E-state index contributed by atoms with van der Waals surface area (Å²) in [5.41, 5.74) is 0. The van der Waals surface area contributed by atoms with Crippen molar-refractivity contribution in [2.24, 2.45) is 17.8 Å². The van der Waals surface area contributed by atoms with Crippen molar-refractivity contribution in [2.75, 3.05) is 5.88 Å². The highest BCUT2D eigenvalue weighted by atomic mass is 35.5. The highest BCUT2D eigenvalue weighted by Crippen LogP contribution is 2.33. The van der Waals surface area contributed by atoms with E-state index >= 15 is 0 Å². The predicted molar refractivity (Wildman–Crippen MR) is 51.0 cm³/mol. The lowest BCUT2D eigenvalue weighted by molar-refractivity contribution is 0.236. The van der Waals surface area contributed by atoms with Crippen LogP contribution in [0.5, 0.6) is 0 Å². The van der Waals surface area contributed by atoms with E-state index in [2.05, 4.69) is 13.8 Å². The van der Waals surface area contributed by atoms with Crippen molar-refractivity contribution in [3.05, 3.63) is 0 Å². The Morgan fingerprint density at radius 3 is 2.27 bits per heavy atom. The summed E-state index contributed by atoms with van der Waals surface area (Å²) in [4.78, 5) is 0. The highest BCUT2D eigenvalue weighted by Gasteiger charge is 2.22. The SMILES string of the molecule is CC1CCC(C(C)CCl)CC1. The standard InChI is InChI=1S/C10H19Cl/c1-8-3-5-10(6-4-8)9(2)7-11/h8-10H,3-7H2,1-2H3. The minimum absolute atomic E-state index is 0.740. The lowest BCUT2D eigenvalue weighted by atomic mass is 9.78. The molecule has 11 heavy (non-hydrogen) atoms. The van der Waals surface area contributed by atoms with Crippen LogP contribution in [0, 0.1) is 17.8 Å². The summed E-state index contributed by atoms with van der Waals surface area (Å²) >= 11 is 5.82. The molecule has 1 aliphatic rings. The van der Waals surface area contributed by atoms with Gasteiger partial charge in [0.1, 0.15) is 0 Å². The van der Waals surface area contributed by atoms with Crippen molar-refractivity contribution < 1.29 is 0 Å². The fourth-order valence-corrected chi connectivity index (χ4v) is 2.23. The topological polar surface area (TPSA) is 0 Å². The average Bonchev–Trinajstić information content (AvgIpc) is 2.05. The van der Waals surface area contributed by atoms with Gasteiger partial charge >= 0.3 is 0 Å². The molecule has 66 valence electrons. The zero-order valence-electron chi connectivity index (χ0n) is 7.65. The van der Waals surface area contributed by atoms with Crippen LogP contribution in [0.4, 0.5) is 0 Å². The van der Waals surface area contributed by atoms with Gasteiger partial charge in [-0.2, -0.15) is 0 Å². The fraction of sp³-hybridized carbons (Fsp3) is 1.00. The molecule has 0 bridgehead atoms. The monoisotopic (exact) mass is 174 g/mol. The van der Waals surface area contributed by atoms with Gasteiger partial charge in [0, 0.05) is 5.88 Å². The van der Waals surface area contributed by atoms with Gasteiger partial charge in [-0.05, 0) is 30.6 Å². The Morgan fingerprint density at radius 1 is 1.27 bits per heavy atom. The molecule has 0 N–H and O–H groups in total. The average molecular weight is 175 g/mol. The van der Waals surface area contributed by atoms with E-state index in [9.17, 15) is 0 Å². The van der Waals surface area contributed by atoms with Gasteiger partial charge in [-0.1, -0.05) is 26.7 Å². The molecule has 1 heteroatoms. The molecule has 1 saturated carbocycles. The molecule has 0 aromatic carbocycles. The van der Waals surface area contributed by atoms with Crippen LogP contribution >= 0.6 is 11.6 Å². The summed E-state index contributed by atoms with van der Waals surface area (Å²) in [6.07, 6.45) is 5.67. The maximum atomic E-state index is 5.82. The number of rotatable bonds is 2. The van der Waals surface area contributed by atoms with Gasteiger partial charge < -0.3 is 0 Å². The van der Waals surface area contributed by atoms with E-state index in [1.54, 1.807) is 0 Å². The normalized spacial score (nSPS) is 35.2. The third-order valence-electron chi connectivity index (χ3n) is 3.11. The third-order valence-corrected chi connectivity index (χ3v) is 3.60. The second-order valence-corrected chi connectivity index (χ2v) is 4.46. The largest absolute Gasteiger partial charge is 0.126 e. The number of hydrogen-bond donors (Lipinski definition) is 0. The van der Waals surface area contributed by atoms with Gasteiger partial charge in [-0.3, -0.25) is 0 Å². The van der Waals surface area contributed by atoms with E-state index in [1.807, 2.05) is 0 Å². The van der Waals surface area contributed by atoms with Gasteiger partial charge in [0.15, 0.2) is 0 Å². The molecule has 1 atom stereocenters. The van der Waals surface area contributed by atoms with Crippen LogP contribution < -0.4 is 0 Å². The summed E-state index contributed by atoms with van der Waals surface area (Å²) in [6.45, 7) is 4.65. The van der Waals surface area contributed by atoms with Crippen LogP contribution in [-0.2, 0) is 0 Å². The number of alkyl halides is 1. The molecular weight excluding hydrogens is 156 g/mol. The summed E-state index contributed by atoms with van der Waals surface area (Å²) in [5, 5.41) is 0. The molecule has 0 heterocycles. The van der Waals surface area contributed by atoms with E-state index in [0.717, 1.165) is 23.6 Å². The zero-order valence-corrected chi connectivity index (χ0v) is 8.40. The van der Waals surface area contributed by atoms with E-state index in [0.29, 0.717) is 0 Å². The first-order chi connectivity index (χ1) is 5.24. The van der Waals surface area contributed by atoms with Crippen molar-refractivity contribution in [1.29, 1.82) is 0 Å². The Kier molecular flexibility index (Phi) is 3.71. The Hall–Kier alpha value is 0.290. The molecule has 0 aromatic rings. The molecule has 0 spiro atoms. The molecule has 1 fully saturated rings. The Morgan fingerprint density at radius 2 is 1.82 bits per heavy atom. The van der Waals surface area contributed by atoms with Crippen molar-refractivity contribution in [2.45, 2.75) is 39.5 Å². The minimum atomic E-state index is 0.740. The quantitative estimate of drug-likeness (QED) is 0.561. The Bertz CT molecular complexity index is 103. The molecule has 0 saturated heterocycles. The smallest absolute Gasteiger partial charge is 0.0251 e. The van der Waals surface area contributed by atoms with Gasteiger partial charge in [-0.15, -0.1) is 11.6 Å². The first kappa shape index (κ1) is 9.38. The summed E-state index contributed by atoms with van der Waals surface area (Å²) in [6, 6.07) is 0. The van der Waals surface area contributed by atoms with Crippen LogP contribution in [0.2, 0.25) is 0 Å². The Balaban J connectivity index is 2.27. The molecule has 0 radical (unpaired) electrons. The lowest BCUT2D eigenvalue weighted by Crippen LogP contribution is -2.19. The molecule has 0 aliphatic heterocycles. The predicted octanol–water partition coefficient (Wildman–Crippen LogP) is 3.69. The van der Waals surface area contributed by atoms with E-state index in [4.69, 9.17) is 11.6 Å². The van der Waals surface area contributed by atoms with Crippen molar-refractivity contribution in [3.8, 4) is 0 Å². The second-order valence-electron chi connectivity index (χ2n) is 4.15. The first-order valence-electron chi connectivity index (χ1n) is 4.80. The first-order valence-corrected chi connectivity index (χ1v) is 5.33. The van der Waals surface area contributed by atoms with Crippen molar-refractivity contribution in [1.82, 2.24) is 0 Å². The van der Waals surface area contributed by atoms with Crippen LogP contribution in [0.1, 0.15) is 39.5 Å². The number of hydrogen-bond acceptors (Lipinski definition) is 0. The minimum Gasteiger partial charge on any atom is -0.126 e. The summed E-state index contributed by atoms with van der Waals surface area (Å²) in [7, 11) is 0. The number of halogens is 1. The zero-order chi connectivity index (χ0) is 8.27. The van der Waals surface area contributed by atoms with Crippen LogP contribution in [0.15, 0.2) is 0 Å². The van der Waals surface area contributed by atoms with Crippen molar-refractivity contribution in [3.63, 3.8) is 0 Å². The molecule has 1 aliphatic carbocycles. The fourth-order valence-electron chi connectivity index (χ4n) is 1.98.